The molecule has 1 saturated heterocycles. The van der Waals surface area contributed by atoms with Crippen molar-refractivity contribution < 1.29 is 22.0 Å². The first kappa shape index (κ1) is 23.4. The van der Waals surface area contributed by atoms with Crippen LogP contribution in [0.3, 0.4) is 0 Å². The Hall–Kier alpha value is -1.90. The van der Waals surface area contributed by atoms with E-state index in [2.05, 4.69) is 15.6 Å². The van der Waals surface area contributed by atoms with Gasteiger partial charge in [0, 0.05) is 25.7 Å². The summed E-state index contributed by atoms with van der Waals surface area (Å²) in [6.45, 7) is 3.74. The highest BCUT2D eigenvalue weighted by Gasteiger charge is 2.32. The molecule has 2 N–H and O–H groups in total. The van der Waals surface area contributed by atoms with E-state index < -0.39 is 24.4 Å². The van der Waals surface area contributed by atoms with Gasteiger partial charge < -0.3 is 10.6 Å². The number of piperidine rings is 1. The van der Waals surface area contributed by atoms with E-state index >= 15 is 0 Å². The number of rotatable bonds is 8. The predicted octanol–water partition coefficient (Wildman–Crippen LogP) is 3.73. The van der Waals surface area contributed by atoms with E-state index in [9.17, 15) is 22.0 Å². The molecule has 1 aromatic carbocycles. The molecule has 0 aliphatic carbocycles. The fourth-order valence-corrected chi connectivity index (χ4v) is 3.43. The number of guanidine groups is 1. The van der Waals surface area contributed by atoms with Crippen LogP contribution in [0.2, 0.25) is 0 Å². The first-order valence-electron chi connectivity index (χ1n) is 10.0. The van der Waals surface area contributed by atoms with Crippen molar-refractivity contribution in [2.75, 3.05) is 39.3 Å². The van der Waals surface area contributed by atoms with E-state index in [4.69, 9.17) is 0 Å². The number of hydrogen-bond donors (Lipinski definition) is 2. The molecule has 1 aromatic rings. The summed E-state index contributed by atoms with van der Waals surface area (Å²) < 4.78 is 63.9. The van der Waals surface area contributed by atoms with Crippen molar-refractivity contribution >= 4 is 5.96 Å². The molecule has 2 rings (SSSR count). The van der Waals surface area contributed by atoms with E-state index in [1.165, 1.54) is 17.0 Å². The molecule has 9 heteroatoms. The predicted molar refractivity (Wildman–Crippen MR) is 104 cm³/mol. The van der Waals surface area contributed by atoms with Gasteiger partial charge in [-0.05, 0) is 63.2 Å². The fourth-order valence-electron chi connectivity index (χ4n) is 3.43. The van der Waals surface area contributed by atoms with Gasteiger partial charge in [-0.15, -0.1) is 0 Å². The van der Waals surface area contributed by atoms with Crippen molar-refractivity contribution in [3.05, 3.63) is 35.4 Å². The van der Waals surface area contributed by atoms with Crippen LogP contribution in [0.5, 0.6) is 0 Å². The highest BCUT2D eigenvalue weighted by atomic mass is 19.4. The molecule has 0 spiro atoms. The van der Waals surface area contributed by atoms with Gasteiger partial charge in [0.2, 0.25) is 0 Å². The minimum atomic E-state index is -4.14. The Balaban J connectivity index is 1.72. The molecular weight excluding hydrogens is 391 g/mol. The highest BCUT2D eigenvalue weighted by molar-refractivity contribution is 5.79. The molecule has 0 atom stereocenters. The number of hydrogen-bond acceptors (Lipinski definition) is 2. The maximum Gasteiger partial charge on any atom is 0.401 e. The molecule has 0 amide bonds. The third-order valence-corrected chi connectivity index (χ3v) is 4.96. The quantitative estimate of drug-likeness (QED) is 0.383. The molecule has 1 fully saturated rings. The van der Waals surface area contributed by atoms with Crippen molar-refractivity contribution in [2.24, 2.45) is 10.9 Å². The van der Waals surface area contributed by atoms with Crippen LogP contribution in [0.4, 0.5) is 22.0 Å². The first-order chi connectivity index (χ1) is 13.8. The van der Waals surface area contributed by atoms with Crippen LogP contribution >= 0.6 is 0 Å². The van der Waals surface area contributed by atoms with Crippen molar-refractivity contribution in [3.8, 4) is 0 Å². The number of nitrogens with one attached hydrogen (secondary N) is 2. The van der Waals surface area contributed by atoms with Gasteiger partial charge in [0.1, 0.15) is 11.6 Å². The second-order valence-electron chi connectivity index (χ2n) is 7.30. The smallest absolute Gasteiger partial charge is 0.357 e. The van der Waals surface area contributed by atoms with E-state index in [1.807, 2.05) is 6.92 Å². The normalized spacial score (nSPS) is 16.8. The molecule has 29 heavy (non-hydrogen) atoms. The minimum Gasteiger partial charge on any atom is -0.357 e. The number of nitrogens with zero attached hydrogens (tertiary/aromatic N) is 2. The number of alkyl halides is 3. The lowest BCUT2D eigenvalue weighted by atomic mass is 9.93. The van der Waals surface area contributed by atoms with Crippen molar-refractivity contribution in [1.82, 2.24) is 15.5 Å². The average molecular weight is 420 g/mol. The molecule has 0 unspecified atom stereocenters. The molecule has 1 heterocycles. The summed E-state index contributed by atoms with van der Waals surface area (Å²) >= 11 is 0. The molecule has 4 nitrogen and oxygen atoms in total. The second kappa shape index (κ2) is 11.3. The maximum atomic E-state index is 13.7. The van der Waals surface area contributed by atoms with Crippen LogP contribution in [-0.2, 0) is 6.42 Å². The fraction of sp³-hybridized carbons (Fsp3) is 0.650. The Morgan fingerprint density at radius 3 is 2.52 bits per heavy atom. The zero-order chi connectivity index (χ0) is 21.3. The molecule has 0 aromatic heterocycles. The first-order valence-corrected chi connectivity index (χ1v) is 10.0. The van der Waals surface area contributed by atoms with Gasteiger partial charge >= 0.3 is 6.18 Å². The lowest BCUT2D eigenvalue weighted by Crippen LogP contribution is -2.40. The Morgan fingerprint density at radius 2 is 1.90 bits per heavy atom. The minimum absolute atomic E-state index is 0.374. The summed E-state index contributed by atoms with van der Waals surface area (Å²) in [4.78, 5) is 5.96. The molecule has 0 radical (unpaired) electrons. The van der Waals surface area contributed by atoms with Crippen molar-refractivity contribution in [1.29, 1.82) is 0 Å². The third-order valence-electron chi connectivity index (χ3n) is 4.96. The summed E-state index contributed by atoms with van der Waals surface area (Å²) in [6, 6.07) is 3.54. The number of benzene rings is 1. The standard InChI is InChI=1S/C20H29F5N4/c1-2-26-19(28-10-6-16-3-4-17(21)13-18(16)22)27-9-5-15-7-11-29(12-8-15)14-20(23,24)25/h3-4,13,15H,2,5-12,14H2,1H3,(H2,26,27,28). The van der Waals surface area contributed by atoms with Crippen LogP contribution in [0.1, 0.15) is 31.7 Å². The SMILES string of the molecule is CCNC(=NCCC1CCN(CC(F)(F)F)CC1)NCCc1ccc(F)cc1F. The van der Waals surface area contributed by atoms with Crippen LogP contribution in [0.15, 0.2) is 23.2 Å². The molecule has 164 valence electrons. The van der Waals surface area contributed by atoms with Gasteiger partial charge in [-0.1, -0.05) is 6.07 Å². The Kier molecular flexibility index (Phi) is 9.13. The largest absolute Gasteiger partial charge is 0.401 e. The zero-order valence-electron chi connectivity index (χ0n) is 16.7. The summed E-state index contributed by atoms with van der Waals surface area (Å²) in [6.07, 6.45) is -1.42. The van der Waals surface area contributed by atoms with Crippen LogP contribution in [-0.4, -0.2) is 56.3 Å². The lowest BCUT2D eigenvalue weighted by Gasteiger charge is -2.32. The van der Waals surface area contributed by atoms with Gasteiger partial charge in [0.15, 0.2) is 5.96 Å². The van der Waals surface area contributed by atoms with Gasteiger partial charge in [0.05, 0.1) is 6.54 Å². The maximum absolute atomic E-state index is 13.7. The van der Waals surface area contributed by atoms with Crippen molar-refractivity contribution in [3.63, 3.8) is 0 Å². The van der Waals surface area contributed by atoms with Gasteiger partial charge in [-0.3, -0.25) is 9.89 Å². The van der Waals surface area contributed by atoms with E-state index in [0.29, 0.717) is 56.6 Å². The second-order valence-corrected chi connectivity index (χ2v) is 7.30. The molecule has 0 saturated carbocycles. The molecule has 1 aliphatic rings. The summed E-state index contributed by atoms with van der Waals surface area (Å²) in [5.74, 6) is -0.173. The number of aliphatic imine (C=N–C) groups is 1. The van der Waals surface area contributed by atoms with E-state index in [0.717, 1.165) is 25.3 Å². The highest BCUT2D eigenvalue weighted by Crippen LogP contribution is 2.24. The average Bonchev–Trinajstić information content (AvgIpc) is 2.63. The van der Waals surface area contributed by atoms with Crippen molar-refractivity contribution in [2.45, 2.75) is 38.8 Å². The molecular formula is C20H29F5N4. The van der Waals surface area contributed by atoms with Crippen LogP contribution < -0.4 is 10.6 Å². The number of halogens is 5. The Labute approximate surface area is 168 Å². The Morgan fingerprint density at radius 1 is 1.17 bits per heavy atom. The van der Waals surface area contributed by atoms with E-state index in [-0.39, 0.29) is 0 Å². The van der Waals surface area contributed by atoms with Crippen LogP contribution in [0.25, 0.3) is 0 Å². The molecule has 1 aliphatic heterocycles. The number of likely N-dealkylation sites (tertiary alicyclic amines) is 1. The monoisotopic (exact) mass is 420 g/mol. The third kappa shape index (κ3) is 8.97. The summed E-state index contributed by atoms with van der Waals surface area (Å²) in [7, 11) is 0. The summed E-state index contributed by atoms with van der Waals surface area (Å²) in [5.41, 5.74) is 0.431. The van der Waals surface area contributed by atoms with Gasteiger partial charge in [-0.25, -0.2) is 8.78 Å². The zero-order valence-corrected chi connectivity index (χ0v) is 16.7. The Bertz CT molecular complexity index is 655. The van der Waals surface area contributed by atoms with Gasteiger partial charge in [-0.2, -0.15) is 13.2 Å². The lowest BCUT2D eigenvalue weighted by molar-refractivity contribution is -0.148. The molecule has 0 bridgehead atoms. The van der Waals surface area contributed by atoms with E-state index in [1.54, 1.807) is 0 Å². The topological polar surface area (TPSA) is 39.7 Å². The van der Waals surface area contributed by atoms with Crippen LogP contribution in [0, 0.1) is 17.6 Å². The summed E-state index contributed by atoms with van der Waals surface area (Å²) in [5, 5.41) is 6.24. The van der Waals surface area contributed by atoms with Gasteiger partial charge in [0.25, 0.3) is 0 Å².